The summed E-state index contributed by atoms with van der Waals surface area (Å²) in [6.45, 7) is 3.27. The number of ether oxygens (including phenoxy) is 2. The van der Waals surface area contributed by atoms with Gasteiger partial charge in [0.25, 0.3) is 0 Å². The predicted molar refractivity (Wildman–Crippen MR) is 109 cm³/mol. The van der Waals surface area contributed by atoms with E-state index in [4.69, 9.17) is 9.47 Å². The van der Waals surface area contributed by atoms with Gasteiger partial charge in [-0.1, -0.05) is 65.2 Å². The lowest BCUT2D eigenvalue weighted by Gasteiger charge is -2.19. The molecule has 0 spiro atoms. The van der Waals surface area contributed by atoms with Gasteiger partial charge in [-0.2, -0.15) is 0 Å². The predicted octanol–water partition coefficient (Wildman–Crippen LogP) is 4.02. The molecular formula is C19H39NO8S. The lowest BCUT2D eigenvalue weighted by molar-refractivity contribution is -0.151. The van der Waals surface area contributed by atoms with E-state index in [0.717, 1.165) is 51.4 Å². The first-order valence-electron chi connectivity index (χ1n) is 10.2. The molecule has 0 fully saturated rings. The van der Waals surface area contributed by atoms with Crippen molar-refractivity contribution in [2.75, 3.05) is 13.2 Å². The summed E-state index contributed by atoms with van der Waals surface area (Å²) in [6, 6.07) is 0. The van der Waals surface area contributed by atoms with E-state index in [1.807, 2.05) is 0 Å². The first-order chi connectivity index (χ1) is 13.3. The van der Waals surface area contributed by atoms with Gasteiger partial charge in [0.15, 0.2) is 0 Å². The topological polar surface area (TPSA) is 156 Å². The highest BCUT2D eigenvalue weighted by atomic mass is 32.3. The summed E-state index contributed by atoms with van der Waals surface area (Å²) in [5.41, 5.74) is 0. The van der Waals surface area contributed by atoms with Gasteiger partial charge in [-0.15, -0.1) is 0 Å². The Bertz CT molecular complexity index is 494. The van der Waals surface area contributed by atoms with Crippen LogP contribution in [0.2, 0.25) is 0 Å². The number of rotatable bonds is 18. The monoisotopic (exact) mass is 441 g/mol. The van der Waals surface area contributed by atoms with E-state index in [1.165, 1.54) is 0 Å². The van der Waals surface area contributed by atoms with Gasteiger partial charge in [0.2, 0.25) is 10.4 Å². The van der Waals surface area contributed by atoms with Crippen molar-refractivity contribution < 1.29 is 36.2 Å². The number of hydrogen-bond donors (Lipinski definition) is 1. The molecule has 9 nitrogen and oxygen atoms in total. The summed E-state index contributed by atoms with van der Waals surface area (Å²) in [5.74, 6) is -1.01. The van der Waals surface area contributed by atoms with Crippen LogP contribution in [-0.2, 0) is 33.6 Å². The highest BCUT2D eigenvalue weighted by Crippen LogP contribution is 2.09. The summed E-state index contributed by atoms with van der Waals surface area (Å²) in [6.07, 6.45) is 8.75. The molecule has 0 saturated heterocycles. The number of quaternary nitrogens is 1. The Labute approximate surface area is 175 Å². The van der Waals surface area contributed by atoms with Crippen molar-refractivity contribution in [1.82, 2.24) is 6.15 Å². The fraction of sp³-hybridized carbons (Fsp3) is 0.895. The Morgan fingerprint density at radius 2 is 1.14 bits per heavy atom. The summed E-state index contributed by atoms with van der Waals surface area (Å²) < 4.78 is 46.7. The largest absolute Gasteiger partial charge is 0.726 e. The molecule has 0 aromatic heterocycles. The minimum Gasteiger partial charge on any atom is -0.726 e. The van der Waals surface area contributed by atoms with E-state index >= 15 is 0 Å². The molecule has 174 valence electrons. The Hall–Kier alpha value is -1.23. The van der Waals surface area contributed by atoms with Crippen LogP contribution in [0.4, 0.5) is 0 Å². The van der Waals surface area contributed by atoms with Crippen LogP contribution in [0.3, 0.4) is 0 Å². The summed E-state index contributed by atoms with van der Waals surface area (Å²) in [4.78, 5) is 23.4. The molecule has 0 aromatic carbocycles. The van der Waals surface area contributed by atoms with Crippen molar-refractivity contribution in [2.45, 2.75) is 97.0 Å². The van der Waals surface area contributed by atoms with Gasteiger partial charge < -0.3 is 20.2 Å². The van der Waals surface area contributed by atoms with Crippen molar-refractivity contribution in [3.05, 3.63) is 0 Å². The summed E-state index contributed by atoms with van der Waals surface area (Å²) in [5, 5.41) is 0. The second-order valence-electron chi connectivity index (χ2n) is 6.82. The molecule has 0 aliphatic heterocycles. The third-order valence-electron chi connectivity index (χ3n) is 4.08. The maximum Gasteiger partial charge on any atom is 0.305 e. The SMILES string of the molecule is CCCCCCCC(=O)OCC(COC(=O)CCCCCCC)OS(=O)(=O)[O-].[NH4+]. The van der Waals surface area contributed by atoms with Crippen LogP contribution in [0.5, 0.6) is 0 Å². The van der Waals surface area contributed by atoms with E-state index in [-0.39, 0.29) is 19.0 Å². The van der Waals surface area contributed by atoms with Crippen LogP contribution in [0.1, 0.15) is 90.9 Å². The molecule has 29 heavy (non-hydrogen) atoms. The molecule has 0 radical (unpaired) electrons. The second-order valence-corrected chi connectivity index (χ2v) is 7.83. The van der Waals surface area contributed by atoms with Gasteiger partial charge in [0.1, 0.15) is 19.3 Å². The summed E-state index contributed by atoms with van der Waals surface area (Å²) in [7, 11) is -5.01. The molecule has 0 saturated carbocycles. The molecule has 0 aliphatic carbocycles. The van der Waals surface area contributed by atoms with E-state index in [9.17, 15) is 22.6 Å². The van der Waals surface area contributed by atoms with Crippen molar-refractivity contribution in [1.29, 1.82) is 0 Å². The van der Waals surface area contributed by atoms with Crippen molar-refractivity contribution in [2.24, 2.45) is 0 Å². The average molecular weight is 442 g/mol. The number of unbranched alkanes of at least 4 members (excludes halogenated alkanes) is 8. The third kappa shape index (κ3) is 21.3. The normalized spacial score (nSPS) is 11.2. The van der Waals surface area contributed by atoms with Crippen LogP contribution in [0.15, 0.2) is 0 Å². The Kier molecular flexibility index (Phi) is 19.4. The fourth-order valence-corrected chi connectivity index (χ4v) is 2.98. The number of esters is 2. The average Bonchev–Trinajstić information content (AvgIpc) is 2.62. The van der Waals surface area contributed by atoms with Crippen LogP contribution in [0, 0.1) is 0 Å². The number of carbonyl (C=O) groups is 2. The van der Waals surface area contributed by atoms with Gasteiger partial charge in [0, 0.05) is 12.8 Å². The fourth-order valence-electron chi connectivity index (χ4n) is 2.53. The molecular weight excluding hydrogens is 402 g/mol. The van der Waals surface area contributed by atoms with Gasteiger partial charge in [0.05, 0.1) is 0 Å². The van der Waals surface area contributed by atoms with Gasteiger partial charge in [-0.25, -0.2) is 8.42 Å². The first-order valence-corrected chi connectivity index (χ1v) is 11.6. The van der Waals surface area contributed by atoms with Crippen molar-refractivity contribution in [3.63, 3.8) is 0 Å². The van der Waals surface area contributed by atoms with Crippen LogP contribution >= 0.6 is 0 Å². The summed E-state index contributed by atoms with van der Waals surface area (Å²) >= 11 is 0. The Balaban J connectivity index is 0. The molecule has 0 aliphatic rings. The zero-order valence-corrected chi connectivity index (χ0v) is 19.0. The van der Waals surface area contributed by atoms with Crippen LogP contribution in [-0.4, -0.2) is 44.2 Å². The van der Waals surface area contributed by atoms with Crippen LogP contribution in [0.25, 0.3) is 0 Å². The third-order valence-corrected chi connectivity index (χ3v) is 4.59. The second kappa shape index (κ2) is 18.8. The molecule has 0 atom stereocenters. The standard InChI is InChI=1S/C19H36O8S.H3N/c1-3-5-7-9-11-13-18(20)25-15-17(27-28(22,23)24)16-26-19(21)14-12-10-8-6-4-2;/h17H,3-16H2,1-2H3,(H,22,23,24);1H3. The maximum atomic E-state index is 11.7. The van der Waals surface area contributed by atoms with Gasteiger partial charge in [-0.3, -0.25) is 13.8 Å². The maximum absolute atomic E-state index is 11.7. The van der Waals surface area contributed by atoms with Gasteiger partial charge in [-0.05, 0) is 12.8 Å². The minimum atomic E-state index is -5.01. The molecule has 0 heterocycles. The van der Waals surface area contributed by atoms with Crippen molar-refractivity contribution >= 4 is 22.3 Å². The van der Waals surface area contributed by atoms with E-state index in [1.54, 1.807) is 0 Å². The van der Waals surface area contributed by atoms with Crippen LogP contribution < -0.4 is 6.15 Å². The molecule has 0 unspecified atom stereocenters. The molecule has 4 N–H and O–H groups in total. The zero-order valence-electron chi connectivity index (χ0n) is 18.2. The Morgan fingerprint density at radius 3 is 1.48 bits per heavy atom. The molecule has 0 bridgehead atoms. The van der Waals surface area contributed by atoms with Gasteiger partial charge >= 0.3 is 11.9 Å². The first kappa shape index (κ1) is 30.0. The lowest BCUT2D eigenvalue weighted by atomic mass is 10.1. The Morgan fingerprint density at radius 1 is 0.759 bits per heavy atom. The smallest absolute Gasteiger partial charge is 0.305 e. The molecule has 0 rings (SSSR count). The number of hydrogen-bond acceptors (Lipinski definition) is 8. The molecule has 10 heteroatoms. The minimum absolute atomic E-state index is 0. The highest BCUT2D eigenvalue weighted by molar-refractivity contribution is 7.80. The van der Waals surface area contributed by atoms with Crippen molar-refractivity contribution in [3.8, 4) is 0 Å². The number of carbonyl (C=O) groups excluding carboxylic acids is 2. The van der Waals surface area contributed by atoms with E-state index < -0.39 is 41.7 Å². The quantitative estimate of drug-likeness (QED) is 0.145. The highest BCUT2D eigenvalue weighted by Gasteiger charge is 2.18. The zero-order chi connectivity index (χ0) is 21.3. The van der Waals surface area contributed by atoms with E-state index in [0.29, 0.717) is 12.8 Å². The lowest BCUT2D eigenvalue weighted by Crippen LogP contribution is -2.30. The molecule has 0 amide bonds. The van der Waals surface area contributed by atoms with E-state index in [2.05, 4.69) is 18.0 Å². The molecule has 0 aromatic rings.